The van der Waals surface area contributed by atoms with E-state index in [2.05, 4.69) is 10.3 Å². The minimum Gasteiger partial charge on any atom is -0.382 e. The van der Waals surface area contributed by atoms with Crippen LogP contribution in [0.4, 0.5) is 10.9 Å². The first-order valence-electron chi connectivity index (χ1n) is 6.99. The lowest BCUT2D eigenvalue weighted by atomic mass is 10.3. The first-order valence-corrected chi connectivity index (χ1v) is 7.81. The number of amides is 1. The molecule has 0 aromatic carbocycles. The van der Waals surface area contributed by atoms with Gasteiger partial charge in [0.15, 0.2) is 5.13 Å². The summed E-state index contributed by atoms with van der Waals surface area (Å²) in [5.41, 5.74) is 5.89. The molecule has 104 valence electrons. The minimum absolute atomic E-state index is 0.0354. The van der Waals surface area contributed by atoms with E-state index in [4.69, 9.17) is 5.73 Å². The van der Waals surface area contributed by atoms with Crippen molar-refractivity contribution < 1.29 is 4.79 Å². The average Bonchev–Trinajstić information content (AvgIpc) is 3.28. The second-order valence-corrected chi connectivity index (χ2v) is 6.44. The smallest absolute Gasteiger partial charge is 0.267 e. The van der Waals surface area contributed by atoms with Crippen LogP contribution in [0.1, 0.15) is 42.3 Å². The minimum atomic E-state index is 0.0354. The molecule has 1 amide bonds. The van der Waals surface area contributed by atoms with E-state index in [9.17, 15) is 4.79 Å². The number of hydrogen-bond donors (Lipinski definition) is 2. The molecule has 5 nitrogen and oxygen atoms in total. The first-order chi connectivity index (χ1) is 9.17. The van der Waals surface area contributed by atoms with Gasteiger partial charge in [-0.2, -0.15) is 0 Å². The van der Waals surface area contributed by atoms with Crippen molar-refractivity contribution in [2.75, 3.05) is 24.1 Å². The van der Waals surface area contributed by atoms with E-state index in [-0.39, 0.29) is 5.91 Å². The molecule has 0 unspecified atom stereocenters. The summed E-state index contributed by atoms with van der Waals surface area (Å²) in [6.45, 7) is 3.61. The Morgan fingerprint density at radius 3 is 2.79 bits per heavy atom. The maximum absolute atomic E-state index is 12.5. The highest BCUT2D eigenvalue weighted by Crippen LogP contribution is 2.33. The van der Waals surface area contributed by atoms with Crippen LogP contribution >= 0.6 is 11.3 Å². The Hall–Kier alpha value is -1.30. The molecule has 0 atom stereocenters. The number of rotatable bonds is 6. The number of nitrogens with zero attached hydrogens (tertiary/aromatic N) is 2. The van der Waals surface area contributed by atoms with Crippen LogP contribution in [0.3, 0.4) is 0 Å². The van der Waals surface area contributed by atoms with Crippen LogP contribution in [0.2, 0.25) is 0 Å². The molecule has 0 aliphatic heterocycles. The quantitative estimate of drug-likeness (QED) is 0.837. The monoisotopic (exact) mass is 280 g/mol. The number of carbonyl (C=O) groups is 1. The molecule has 1 heterocycles. The summed E-state index contributed by atoms with van der Waals surface area (Å²) >= 11 is 1.39. The summed E-state index contributed by atoms with van der Waals surface area (Å²) in [7, 11) is 0. The van der Waals surface area contributed by atoms with Crippen molar-refractivity contribution in [1.82, 2.24) is 9.88 Å². The van der Waals surface area contributed by atoms with E-state index in [1.54, 1.807) is 0 Å². The fourth-order valence-corrected chi connectivity index (χ4v) is 2.99. The lowest BCUT2D eigenvalue weighted by Gasteiger charge is -2.19. The van der Waals surface area contributed by atoms with E-state index in [1.807, 2.05) is 11.8 Å². The third kappa shape index (κ3) is 3.00. The highest BCUT2D eigenvalue weighted by atomic mass is 32.1. The fraction of sp³-hybridized carbons (Fsp3) is 0.692. The van der Waals surface area contributed by atoms with Crippen molar-refractivity contribution in [3.05, 3.63) is 4.88 Å². The van der Waals surface area contributed by atoms with Gasteiger partial charge in [0.25, 0.3) is 5.91 Å². The molecule has 2 fully saturated rings. The van der Waals surface area contributed by atoms with Gasteiger partial charge in [-0.1, -0.05) is 11.3 Å². The molecular weight excluding hydrogens is 260 g/mol. The van der Waals surface area contributed by atoms with Crippen molar-refractivity contribution in [1.29, 1.82) is 0 Å². The Labute approximate surface area is 117 Å². The standard InChI is InChI=1S/C13H20N4OS/c1-2-17(7-8-3-4-8)12(18)10-11(14)16-13(19-10)15-9-5-6-9/h8-9H,2-7,14H2,1H3,(H,15,16). The largest absolute Gasteiger partial charge is 0.382 e. The Morgan fingerprint density at radius 2 is 2.21 bits per heavy atom. The van der Waals surface area contributed by atoms with Crippen LogP contribution in [0.15, 0.2) is 0 Å². The number of nitrogens with one attached hydrogen (secondary N) is 1. The van der Waals surface area contributed by atoms with Gasteiger partial charge in [0.05, 0.1) is 0 Å². The Kier molecular flexibility index (Phi) is 3.35. The van der Waals surface area contributed by atoms with Crippen molar-refractivity contribution >= 4 is 28.2 Å². The molecule has 3 rings (SSSR count). The van der Waals surface area contributed by atoms with Crippen LogP contribution < -0.4 is 11.1 Å². The SMILES string of the molecule is CCN(CC1CC1)C(=O)c1sc(NC2CC2)nc1N. The first kappa shape index (κ1) is 12.7. The van der Waals surface area contributed by atoms with Gasteiger partial charge in [0, 0.05) is 19.1 Å². The zero-order chi connectivity index (χ0) is 13.4. The van der Waals surface area contributed by atoms with Gasteiger partial charge in [0.2, 0.25) is 0 Å². The summed E-state index contributed by atoms with van der Waals surface area (Å²) in [4.78, 5) is 19.2. The van der Waals surface area contributed by atoms with Gasteiger partial charge >= 0.3 is 0 Å². The van der Waals surface area contributed by atoms with Crippen molar-refractivity contribution in [3.8, 4) is 0 Å². The highest BCUT2D eigenvalue weighted by molar-refractivity contribution is 7.18. The molecular formula is C13H20N4OS. The number of nitrogen functional groups attached to an aromatic ring is 1. The van der Waals surface area contributed by atoms with Gasteiger partial charge in [-0.3, -0.25) is 4.79 Å². The number of aromatic nitrogens is 1. The number of carbonyl (C=O) groups excluding carboxylic acids is 1. The van der Waals surface area contributed by atoms with Crippen LogP contribution in [0.5, 0.6) is 0 Å². The van der Waals surface area contributed by atoms with E-state index < -0.39 is 0 Å². The van der Waals surface area contributed by atoms with Crippen molar-refractivity contribution in [2.24, 2.45) is 5.92 Å². The molecule has 0 saturated heterocycles. The molecule has 0 spiro atoms. The predicted molar refractivity (Wildman–Crippen MR) is 77.5 cm³/mol. The number of thiazole rings is 1. The third-order valence-electron chi connectivity index (χ3n) is 3.60. The van der Waals surface area contributed by atoms with Gasteiger partial charge in [-0.15, -0.1) is 0 Å². The lowest BCUT2D eigenvalue weighted by molar-refractivity contribution is 0.0762. The lowest BCUT2D eigenvalue weighted by Crippen LogP contribution is -2.32. The second kappa shape index (κ2) is 5.00. The average molecular weight is 280 g/mol. The van der Waals surface area contributed by atoms with Crippen molar-refractivity contribution in [2.45, 2.75) is 38.6 Å². The Balaban J connectivity index is 1.71. The summed E-state index contributed by atoms with van der Waals surface area (Å²) in [6.07, 6.45) is 4.87. The highest BCUT2D eigenvalue weighted by Gasteiger charge is 2.29. The predicted octanol–water partition coefficient (Wildman–Crippen LogP) is 2.17. The molecule has 1 aromatic rings. The van der Waals surface area contributed by atoms with E-state index in [1.165, 1.54) is 37.0 Å². The molecule has 2 aliphatic carbocycles. The van der Waals surface area contributed by atoms with Crippen LogP contribution in [0.25, 0.3) is 0 Å². The molecule has 3 N–H and O–H groups in total. The van der Waals surface area contributed by atoms with Gasteiger partial charge in [-0.25, -0.2) is 4.98 Å². The number of hydrogen-bond acceptors (Lipinski definition) is 5. The van der Waals surface area contributed by atoms with Crippen molar-refractivity contribution in [3.63, 3.8) is 0 Å². The van der Waals surface area contributed by atoms with Gasteiger partial charge < -0.3 is 16.0 Å². The Bertz CT molecular complexity index is 479. The third-order valence-corrected chi connectivity index (χ3v) is 4.59. The summed E-state index contributed by atoms with van der Waals surface area (Å²) in [6, 6.07) is 0.530. The van der Waals surface area contributed by atoms with E-state index in [0.29, 0.717) is 22.7 Å². The van der Waals surface area contributed by atoms with Gasteiger partial charge in [-0.05, 0) is 38.5 Å². The molecule has 2 aliphatic rings. The number of nitrogens with two attached hydrogens (primary N) is 1. The van der Waals surface area contributed by atoms with Crippen LogP contribution in [-0.4, -0.2) is 34.9 Å². The Morgan fingerprint density at radius 1 is 1.47 bits per heavy atom. The fourth-order valence-electron chi connectivity index (χ4n) is 2.06. The molecule has 0 bridgehead atoms. The van der Waals surface area contributed by atoms with Crippen LogP contribution in [0, 0.1) is 5.92 Å². The van der Waals surface area contributed by atoms with Crippen LogP contribution in [-0.2, 0) is 0 Å². The van der Waals surface area contributed by atoms with E-state index >= 15 is 0 Å². The summed E-state index contributed by atoms with van der Waals surface area (Å²) in [5, 5.41) is 4.08. The molecule has 0 radical (unpaired) electrons. The zero-order valence-corrected chi connectivity index (χ0v) is 12.0. The number of anilines is 2. The van der Waals surface area contributed by atoms with E-state index in [0.717, 1.165) is 18.2 Å². The normalized spacial score (nSPS) is 18.4. The summed E-state index contributed by atoms with van der Waals surface area (Å²) < 4.78 is 0. The molecule has 19 heavy (non-hydrogen) atoms. The maximum Gasteiger partial charge on any atom is 0.267 e. The van der Waals surface area contributed by atoms with Gasteiger partial charge in [0.1, 0.15) is 10.7 Å². The topological polar surface area (TPSA) is 71.2 Å². The molecule has 1 aromatic heterocycles. The molecule has 2 saturated carbocycles. The molecule has 6 heteroatoms. The summed E-state index contributed by atoms with van der Waals surface area (Å²) in [5.74, 6) is 1.10. The second-order valence-electron chi connectivity index (χ2n) is 5.44. The zero-order valence-electron chi connectivity index (χ0n) is 11.2. The maximum atomic E-state index is 12.5.